The highest BCUT2D eigenvalue weighted by molar-refractivity contribution is 5.90. The average Bonchev–Trinajstić information content (AvgIpc) is 2.38. The molecule has 1 fully saturated rings. The van der Waals surface area contributed by atoms with Gasteiger partial charge in [0.25, 0.3) is 0 Å². The number of hydrogen-bond acceptors (Lipinski definition) is 2. The fourth-order valence-electron chi connectivity index (χ4n) is 3.02. The van der Waals surface area contributed by atoms with Gasteiger partial charge in [0.15, 0.2) is 0 Å². The summed E-state index contributed by atoms with van der Waals surface area (Å²) in [7, 11) is 0. The standard InChI is InChI=1S/C15H17FO4/c1-9-7-12(16)11(8-10(9)13(17)18)15(14(19)20)5-3-2-4-6-15/h7-8H,2-6H2,1H3,(H,17,18)(H,19,20). The van der Waals surface area contributed by atoms with Gasteiger partial charge in [-0.1, -0.05) is 19.3 Å². The molecule has 1 aromatic rings. The van der Waals surface area contributed by atoms with Crippen LogP contribution in [0.1, 0.15) is 53.6 Å². The topological polar surface area (TPSA) is 74.6 Å². The van der Waals surface area contributed by atoms with E-state index in [9.17, 15) is 19.1 Å². The normalized spacial score (nSPS) is 17.7. The van der Waals surface area contributed by atoms with E-state index in [0.29, 0.717) is 31.2 Å². The second-order valence-electron chi connectivity index (χ2n) is 5.40. The molecule has 1 aliphatic carbocycles. The number of rotatable bonds is 3. The molecule has 0 atom stereocenters. The monoisotopic (exact) mass is 280 g/mol. The van der Waals surface area contributed by atoms with Crippen molar-refractivity contribution >= 4 is 11.9 Å². The molecular formula is C15H17FO4. The van der Waals surface area contributed by atoms with Crippen molar-refractivity contribution in [1.82, 2.24) is 0 Å². The van der Waals surface area contributed by atoms with Crippen molar-refractivity contribution in [1.29, 1.82) is 0 Å². The molecule has 0 radical (unpaired) electrons. The van der Waals surface area contributed by atoms with Gasteiger partial charge in [0, 0.05) is 5.56 Å². The number of carbonyl (C=O) groups is 2. The third-order valence-electron chi connectivity index (χ3n) is 4.18. The molecule has 0 spiro atoms. The number of benzene rings is 1. The molecule has 0 unspecified atom stereocenters. The Labute approximate surface area is 116 Å². The molecule has 5 heteroatoms. The SMILES string of the molecule is Cc1cc(F)c(C2(C(=O)O)CCCCC2)cc1C(=O)O. The Hall–Kier alpha value is -1.91. The molecular weight excluding hydrogens is 263 g/mol. The Morgan fingerprint density at radius 2 is 1.75 bits per heavy atom. The molecule has 2 N–H and O–H groups in total. The van der Waals surface area contributed by atoms with Crippen molar-refractivity contribution in [3.63, 3.8) is 0 Å². The molecule has 0 heterocycles. The lowest BCUT2D eigenvalue weighted by Gasteiger charge is -2.34. The van der Waals surface area contributed by atoms with Crippen LogP contribution < -0.4 is 0 Å². The smallest absolute Gasteiger partial charge is 0.335 e. The highest BCUT2D eigenvalue weighted by atomic mass is 19.1. The maximum atomic E-state index is 14.2. The second-order valence-corrected chi connectivity index (χ2v) is 5.40. The highest BCUT2D eigenvalue weighted by Crippen LogP contribution is 2.41. The molecule has 0 bridgehead atoms. The molecule has 0 aliphatic heterocycles. The number of aliphatic carboxylic acids is 1. The number of aryl methyl sites for hydroxylation is 1. The molecule has 4 nitrogen and oxygen atoms in total. The van der Waals surface area contributed by atoms with E-state index in [1.807, 2.05) is 0 Å². The average molecular weight is 280 g/mol. The molecule has 0 aromatic heterocycles. The highest BCUT2D eigenvalue weighted by Gasteiger charge is 2.43. The van der Waals surface area contributed by atoms with Gasteiger partial charge in [-0.2, -0.15) is 0 Å². The van der Waals surface area contributed by atoms with E-state index in [-0.39, 0.29) is 11.1 Å². The van der Waals surface area contributed by atoms with Gasteiger partial charge in [0.2, 0.25) is 0 Å². The van der Waals surface area contributed by atoms with Crippen LogP contribution in [0.4, 0.5) is 4.39 Å². The minimum atomic E-state index is -1.29. The Morgan fingerprint density at radius 3 is 2.25 bits per heavy atom. The van der Waals surface area contributed by atoms with E-state index < -0.39 is 23.2 Å². The van der Waals surface area contributed by atoms with Crippen LogP contribution in [0.2, 0.25) is 0 Å². The molecule has 0 amide bonds. The minimum Gasteiger partial charge on any atom is -0.481 e. The second kappa shape index (κ2) is 5.23. The lowest BCUT2D eigenvalue weighted by molar-refractivity contribution is -0.145. The summed E-state index contributed by atoms with van der Waals surface area (Å²) in [4.78, 5) is 22.9. The van der Waals surface area contributed by atoms with Crippen LogP contribution in [0.15, 0.2) is 12.1 Å². The quantitative estimate of drug-likeness (QED) is 0.892. The molecule has 0 saturated heterocycles. The Morgan fingerprint density at radius 1 is 1.15 bits per heavy atom. The van der Waals surface area contributed by atoms with Crippen LogP contribution in [-0.2, 0) is 10.2 Å². The molecule has 1 saturated carbocycles. The first-order chi connectivity index (χ1) is 9.38. The summed E-state index contributed by atoms with van der Waals surface area (Å²) in [5, 5.41) is 18.7. The zero-order valence-electron chi connectivity index (χ0n) is 11.3. The first-order valence-electron chi connectivity index (χ1n) is 6.66. The van der Waals surface area contributed by atoms with Crippen LogP contribution in [0, 0.1) is 12.7 Å². The van der Waals surface area contributed by atoms with Gasteiger partial charge in [-0.25, -0.2) is 9.18 Å². The molecule has 1 aromatic carbocycles. The summed E-state index contributed by atoms with van der Waals surface area (Å²) in [6.45, 7) is 1.50. The lowest BCUT2D eigenvalue weighted by atomic mass is 9.69. The van der Waals surface area contributed by atoms with Gasteiger partial charge in [-0.05, 0) is 37.5 Å². The number of halogens is 1. The largest absolute Gasteiger partial charge is 0.481 e. The van der Waals surface area contributed by atoms with Crippen molar-refractivity contribution in [2.24, 2.45) is 0 Å². The Kier molecular flexibility index (Phi) is 3.79. The van der Waals surface area contributed by atoms with Crippen molar-refractivity contribution in [3.8, 4) is 0 Å². The van der Waals surface area contributed by atoms with Crippen molar-refractivity contribution < 1.29 is 24.2 Å². The van der Waals surface area contributed by atoms with E-state index in [4.69, 9.17) is 5.11 Å². The summed E-state index contributed by atoms with van der Waals surface area (Å²) < 4.78 is 14.2. The third-order valence-corrected chi connectivity index (χ3v) is 4.18. The minimum absolute atomic E-state index is 0.00713. The summed E-state index contributed by atoms with van der Waals surface area (Å²) in [5.74, 6) is -2.87. The molecule has 20 heavy (non-hydrogen) atoms. The number of carboxylic acids is 2. The van der Waals surface area contributed by atoms with Crippen molar-refractivity contribution in [2.75, 3.05) is 0 Å². The number of hydrogen-bond donors (Lipinski definition) is 2. The third kappa shape index (κ3) is 2.28. The van der Waals surface area contributed by atoms with Crippen LogP contribution >= 0.6 is 0 Å². The van der Waals surface area contributed by atoms with E-state index in [1.54, 1.807) is 0 Å². The van der Waals surface area contributed by atoms with Crippen LogP contribution in [0.5, 0.6) is 0 Å². The van der Waals surface area contributed by atoms with Crippen LogP contribution in [0.25, 0.3) is 0 Å². The molecule has 2 rings (SSSR count). The van der Waals surface area contributed by atoms with Crippen molar-refractivity contribution in [2.45, 2.75) is 44.4 Å². The zero-order valence-corrected chi connectivity index (χ0v) is 11.3. The maximum Gasteiger partial charge on any atom is 0.335 e. The number of carboxylic acid groups (broad SMARTS) is 2. The predicted octanol–water partition coefficient (Wildman–Crippen LogP) is 3.12. The number of aromatic carboxylic acids is 1. The zero-order chi connectivity index (χ0) is 14.9. The van der Waals surface area contributed by atoms with Crippen LogP contribution in [-0.4, -0.2) is 22.2 Å². The summed E-state index contributed by atoms with van der Waals surface area (Å²) >= 11 is 0. The van der Waals surface area contributed by atoms with Gasteiger partial charge in [0.1, 0.15) is 5.82 Å². The van der Waals surface area contributed by atoms with Gasteiger partial charge in [-0.15, -0.1) is 0 Å². The predicted molar refractivity (Wildman–Crippen MR) is 70.5 cm³/mol. The fourth-order valence-corrected chi connectivity index (χ4v) is 3.02. The van der Waals surface area contributed by atoms with E-state index in [2.05, 4.69) is 0 Å². The Bertz CT molecular complexity index is 559. The molecule has 1 aliphatic rings. The van der Waals surface area contributed by atoms with Gasteiger partial charge in [-0.3, -0.25) is 4.79 Å². The molecule has 108 valence electrons. The fraction of sp³-hybridized carbons (Fsp3) is 0.467. The summed E-state index contributed by atoms with van der Waals surface area (Å²) in [6.07, 6.45) is 3.04. The lowest BCUT2D eigenvalue weighted by Crippen LogP contribution is -2.39. The van der Waals surface area contributed by atoms with Gasteiger partial charge >= 0.3 is 11.9 Å². The van der Waals surface area contributed by atoms with Gasteiger partial charge in [0.05, 0.1) is 11.0 Å². The summed E-state index contributed by atoms with van der Waals surface area (Å²) in [5.41, 5.74) is -1.02. The summed E-state index contributed by atoms with van der Waals surface area (Å²) in [6, 6.07) is 2.32. The Balaban J connectivity index is 2.62. The maximum absolute atomic E-state index is 14.2. The van der Waals surface area contributed by atoms with E-state index in [1.165, 1.54) is 13.0 Å². The first kappa shape index (κ1) is 14.5. The van der Waals surface area contributed by atoms with Gasteiger partial charge < -0.3 is 10.2 Å². The van der Waals surface area contributed by atoms with E-state index >= 15 is 0 Å². The first-order valence-corrected chi connectivity index (χ1v) is 6.66. The van der Waals surface area contributed by atoms with E-state index in [0.717, 1.165) is 12.5 Å². The van der Waals surface area contributed by atoms with Crippen molar-refractivity contribution in [3.05, 3.63) is 34.6 Å². The van der Waals surface area contributed by atoms with Crippen LogP contribution in [0.3, 0.4) is 0 Å².